The van der Waals surface area contributed by atoms with E-state index < -0.39 is 20.0 Å². The number of carbonyl (C=O) groups excluding carboxylic acids is 1. The molecule has 9 heteroatoms. The van der Waals surface area contributed by atoms with E-state index in [9.17, 15) is 19.4 Å². The number of nitrogens with one attached hydrogen (secondary N) is 1. The largest absolute Gasteiger partial charge is 0.472 e. The van der Waals surface area contributed by atoms with Crippen molar-refractivity contribution < 1.29 is 32.9 Å². The molecule has 0 aromatic heterocycles. The highest BCUT2D eigenvalue weighted by atomic mass is 31.2. The highest BCUT2D eigenvalue weighted by Gasteiger charge is 2.27. The highest BCUT2D eigenvalue weighted by Crippen LogP contribution is 2.43. The highest BCUT2D eigenvalue weighted by molar-refractivity contribution is 7.47. The molecule has 0 aromatic carbocycles. The SMILES string of the molecule is CC/C=C\C/C=C\C/C=C\C/C=C\CCCCCCCCC(=O)NC(COP(=O)(O)OCC[N+](C)(C)C)C(O)/C=C/CC/C=C/CCCCCCCCCCCCC. The summed E-state index contributed by atoms with van der Waals surface area (Å²) in [5.74, 6) is -0.204. The quantitative estimate of drug-likeness (QED) is 0.0245. The molecule has 0 aromatic rings. The number of rotatable bonds is 41. The number of unbranched alkanes of at least 4 members (excludes halogenated alkanes) is 18. The molecule has 0 fully saturated rings. The minimum atomic E-state index is -4.36. The van der Waals surface area contributed by atoms with Crippen molar-refractivity contribution >= 4 is 13.7 Å². The summed E-state index contributed by atoms with van der Waals surface area (Å²) in [6.07, 6.45) is 54.0. The number of phosphoric acid groups is 1. The van der Waals surface area contributed by atoms with Crippen molar-refractivity contribution in [2.24, 2.45) is 0 Å². The van der Waals surface area contributed by atoms with Gasteiger partial charge in [0.25, 0.3) is 0 Å². The lowest BCUT2D eigenvalue weighted by atomic mass is 10.1. The Kier molecular flexibility index (Phi) is 38.9. The number of nitrogens with zero attached hydrogens (tertiary/aromatic N) is 1. The lowest BCUT2D eigenvalue weighted by Gasteiger charge is -2.25. The van der Waals surface area contributed by atoms with E-state index in [4.69, 9.17) is 9.05 Å². The average molecular weight is 834 g/mol. The molecule has 0 aliphatic rings. The summed E-state index contributed by atoms with van der Waals surface area (Å²) >= 11 is 0. The zero-order valence-electron chi connectivity index (χ0n) is 38.0. The fourth-order valence-corrected chi connectivity index (χ4v) is 6.96. The first kappa shape index (κ1) is 55.9. The average Bonchev–Trinajstić information content (AvgIpc) is 3.17. The minimum Gasteiger partial charge on any atom is -0.387 e. The second-order valence-electron chi connectivity index (χ2n) is 16.7. The van der Waals surface area contributed by atoms with Crippen molar-refractivity contribution in [1.82, 2.24) is 5.32 Å². The number of aliphatic hydroxyl groups is 1. The van der Waals surface area contributed by atoms with Crippen molar-refractivity contribution in [3.8, 4) is 0 Å². The first-order valence-corrected chi connectivity index (χ1v) is 24.8. The first-order chi connectivity index (χ1) is 28.0. The lowest BCUT2D eigenvalue weighted by molar-refractivity contribution is -0.870. The van der Waals surface area contributed by atoms with Crippen molar-refractivity contribution in [1.29, 1.82) is 0 Å². The molecule has 0 heterocycles. The van der Waals surface area contributed by atoms with Gasteiger partial charge in [0.15, 0.2) is 0 Å². The van der Waals surface area contributed by atoms with Crippen LogP contribution in [0.3, 0.4) is 0 Å². The molecule has 3 unspecified atom stereocenters. The Morgan fingerprint density at radius 1 is 0.603 bits per heavy atom. The number of hydrogen-bond donors (Lipinski definition) is 3. The molecule has 3 N–H and O–H groups in total. The number of quaternary nitrogens is 1. The maximum absolute atomic E-state index is 12.9. The summed E-state index contributed by atoms with van der Waals surface area (Å²) < 4.78 is 23.6. The second kappa shape index (κ2) is 40.4. The Labute approximate surface area is 357 Å². The maximum atomic E-state index is 12.9. The zero-order valence-corrected chi connectivity index (χ0v) is 38.9. The van der Waals surface area contributed by atoms with Crippen molar-refractivity contribution in [2.45, 2.75) is 193 Å². The van der Waals surface area contributed by atoms with Crippen LogP contribution in [0.25, 0.3) is 0 Å². The molecule has 0 radical (unpaired) electrons. The fourth-order valence-electron chi connectivity index (χ4n) is 6.22. The Morgan fingerprint density at radius 2 is 1.05 bits per heavy atom. The van der Waals surface area contributed by atoms with Crippen LogP contribution in [0.1, 0.15) is 181 Å². The summed E-state index contributed by atoms with van der Waals surface area (Å²) in [7, 11) is 1.53. The van der Waals surface area contributed by atoms with Crippen molar-refractivity contribution in [3.63, 3.8) is 0 Å². The van der Waals surface area contributed by atoms with Crippen LogP contribution in [0.15, 0.2) is 72.9 Å². The van der Waals surface area contributed by atoms with E-state index >= 15 is 0 Å². The van der Waals surface area contributed by atoms with Crippen LogP contribution in [0.5, 0.6) is 0 Å². The molecule has 0 aliphatic carbocycles. The normalized spacial score (nSPS) is 14.9. The monoisotopic (exact) mass is 834 g/mol. The maximum Gasteiger partial charge on any atom is 0.472 e. The molecular weight excluding hydrogens is 744 g/mol. The summed E-state index contributed by atoms with van der Waals surface area (Å²) in [4.78, 5) is 23.1. The molecular formula is C49H90N2O6P+. The fraction of sp³-hybridized carbons (Fsp3) is 0.735. The number of amides is 1. The van der Waals surface area contributed by atoms with Gasteiger partial charge in [0.1, 0.15) is 13.2 Å². The smallest absolute Gasteiger partial charge is 0.387 e. The number of aliphatic hydroxyl groups excluding tert-OH is 1. The molecule has 0 aliphatic heterocycles. The Bertz CT molecular complexity index is 1170. The molecule has 0 spiro atoms. The molecule has 0 saturated heterocycles. The van der Waals surface area contributed by atoms with E-state index in [0.717, 1.165) is 77.0 Å². The molecule has 8 nitrogen and oxygen atoms in total. The van der Waals surface area contributed by atoms with Gasteiger partial charge >= 0.3 is 7.82 Å². The number of hydrogen-bond acceptors (Lipinski definition) is 5. The number of allylic oxidation sites excluding steroid dienone is 11. The second-order valence-corrected chi connectivity index (χ2v) is 18.2. The molecule has 1 amide bonds. The summed E-state index contributed by atoms with van der Waals surface area (Å²) in [5.41, 5.74) is 0. The van der Waals surface area contributed by atoms with Crippen LogP contribution < -0.4 is 5.32 Å². The number of carbonyl (C=O) groups is 1. The van der Waals surface area contributed by atoms with Gasteiger partial charge in [-0.05, 0) is 70.6 Å². The van der Waals surface area contributed by atoms with Gasteiger partial charge in [0, 0.05) is 6.42 Å². The predicted octanol–water partition coefficient (Wildman–Crippen LogP) is 13.2. The van der Waals surface area contributed by atoms with E-state index in [1.807, 2.05) is 27.2 Å². The Hall–Kier alpha value is -2.06. The molecule has 336 valence electrons. The van der Waals surface area contributed by atoms with Gasteiger partial charge in [0.2, 0.25) is 5.91 Å². The molecule has 0 bridgehead atoms. The van der Waals surface area contributed by atoms with Gasteiger partial charge < -0.3 is 19.8 Å². The third-order valence-electron chi connectivity index (χ3n) is 9.91. The topological polar surface area (TPSA) is 105 Å². The third-order valence-corrected chi connectivity index (χ3v) is 10.9. The van der Waals surface area contributed by atoms with E-state index in [1.54, 1.807) is 6.08 Å². The third kappa shape index (κ3) is 42.1. The van der Waals surface area contributed by atoms with Crippen molar-refractivity contribution in [2.75, 3.05) is 40.9 Å². The zero-order chi connectivity index (χ0) is 42.8. The van der Waals surface area contributed by atoms with Gasteiger partial charge in [-0.25, -0.2) is 4.57 Å². The molecule has 0 rings (SSSR count). The lowest BCUT2D eigenvalue weighted by Crippen LogP contribution is -2.45. The van der Waals surface area contributed by atoms with E-state index in [2.05, 4.69) is 79.9 Å². The van der Waals surface area contributed by atoms with Gasteiger partial charge in [-0.3, -0.25) is 13.8 Å². The number of phosphoric ester groups is 1. The Morgan fingerprint density at radius 3 is 1.59 bits per heavy atom. The Balaban J connectivity index is 4.48. The van der Waals surface area contributed by atoms with Gasteiger partial charge in [-0.15, -0.1) is 0 Å². The van der Waals surface area contributed by atoms with Gasteiger partial charge in [-0.2, -0.15) is 0 Å². The standard InChI is InChI=1S/C49H89N2O6P/c1-6-8-10-12-14-16-18-20-22-24-25-27-29-31-33-35-37-39-41-43-49(53)50-47(46-57-58(54,55)56-45-44-51(3,4)5)48(52)42-40-38-36-34-32-30-28-26-23-21-19-17-15-13-11-9-7-2/h8,10,14,16,20,22,25,27,32,34,40,42,47-48,52H,6-7,9,11-13,15,17-19,21,23-24,26,28-31,33,35-39,41,43-46H2,1-5H3,(H-,50,53,54,55)/p+1/b10-8-,16-14-,22-20-,27-25-,34-32+,42-40+. The van der Waals surface area contributed by atoms with Crippen LogP contribution in [0.2, 0.25) is 0 Å². The summed E-state index contributed by atoms with van der Waals surface area (Å²) in [6.45, 7) is 4.65. The summed E-state index contributed by atoms with van der Waals surface area (Å²) in [5, 5.41) is 13.8. The first-order valence-electron chi connectivity index (χ1n) is 23.3. The van der Waals surface area contributed by atoms with Gasteiger partial charge in [-0.1, -0.05) is 177 Å². The van der Waals surface area contributed by atoms with Crippen LogP contribution in [-0.2, 0) is 18.4 Å². The van der Waals surface area contributed by atoms with Crippen LogP contribution >= 0.6 is 7.82 Å². The van der Waals surface area contributed by atoms with E-state index in [1.165, 1.54) is 83.5 Å². The summed E-state index contributed by atoms with van der Waals surface area (Å²) in [6, 6.07) is -0.874. The van der Waals surface area contributed by atoms with Crippen LogP contribution in [-0.4, -0.2) is 73.4 Å². The van der Waals surface area contributed by atoms with Crippen LogP contribution in [0.4, 0.5) is 0 Å². The molecule has 58 heavy (non-hydrogen) atoms. The van der Waals surface area contributed by atoms with Crippen LogP contribution in [0, 0.1) is 0 Å². The van der Waals surface area contributed by atoms with Crippen molar-refractivity contribution in [3.05, 3.63) is 72.9 Å². The van der Waals surface area contributed by atoms with E-state index in [-0.39, 0.29) is 19.1 Å². The minimum absolute atomic E-state index is 0.0496. The molecule has 3 atom stereocenters. The van der Waals surface area contributed by atoms with E-state index in [0.29, 0.717) is 17.4 Å². The predicted molar refractivity (Wildman–Crippen MR) is 249 cm³/mol. The van der Waals surface area contributed by atoms with Gasteiger partial charge in [0.05, 0.1) is 39.9 Å². The molecule has 0 saturated carbocycles. The number of likely N-dealkylation sites (N-methyl/N-ethyl adjacent to an activating group) is 1.